The maximum Gasteiger partial charge on any atom is 0.313 e. The topological polar surface area (TPSA) is 69.7 Å². The van der Waals surface area contributed by atoms with E-state index >= 15 is 0 Å². The molecule has 1 aliphatic rings. The third-order valence-electron chi connectivity index (χ3n) is 3.02. The predicted octanol–water partition coefficient (Wildman–Crippen LogP) is 1.94. The van der Waals surface area contributed by atoms with Crippen molar-refractivity contribution in [1.82, 2.24) is 0 Å². The summed E-state index contributed by atoms with van der Waals surface area (Å²) in [4.78, 5) is 33.3. The van der Waals surface area contributed by atoms with Crippen LogP contribution in [0.4, 0.5) is 0 Å². The zero-order valence-corrected chi connectivity index (χ0v) is 11.4. The summed E-state index contributed by atoms with van der Waals surface area (Å²) in [5.41, 5.74) is 1.12. The van der Waals surface area contributed by atoms with Crippen LogP contribution in [0.15, 0.2) is 11.6 Å². The van der Waals surface area contributed by atoms with Crippen molar-refractivity contribution in [2.75, 3.05) is 7.11 Å². The summed E-state index contributed by atoms with van der Waals surface area (Å²) in [7, 11) is 1.27. The third kappa shape index (κ3) is 6.18. The smallest absolute Gasteiger partial charge is 0.313 e. The highest BCUT2D eigenvalue weighted by atomic mass is 16.5. The molecule has 5 heteroatoms. The van der Waals surface area contributed by atoms with Gasteiger partial charge in [-0.2, -0.15) is 0 Å². The minimum absolute atomic E-state index is 0.123. The molecule has 1 rings (SSSR count). The summed E-state index contributed by atoms with van der Waals surface area (Å²) in [6.07, 6.45) is 5.24. The number of esters is 2. The fourth-order valence-electron chi connectivity index (χ4n) is 2.10. The van der Waals surface area contributed by atoms with Crippen LogP contribution in [0, 0.1) is 0 Å². The van der Waals surface area contributed by atoms with Crippen LogP contribution in [0.5, 0.6) is 0 Å². The highest BCUT2D eigenvalue weighted by Crippen LogP contribution is 2.24. The third-order valence-corrected chi connectivity index (χ3v) is 3.02. The largest absolute Gasteiger partial charge is 0.469 e. The number of hydrogen-bond acceptors (Lipinski definition) is 5. The second-order valence-electron chi connectivity index (χ2n) is 4.66. The monoisotopic (exact) mass is 268 g/mol. The predicted molar refractivity (Wildman–Crippen MR) is 68.4 cm³/mol. The highest BCUT2D eigenvalue weighted by molar-refractivity contribution is 5.95. The van der Waals surface area contributed by atoms with Crippen LogP contribution in [0.3, 0.4) is 0 Å². The van der Waals surface area contributed by atoms with Gasteiger partial charge in [0.2, 0.25) is 0 Å². The second kappa shape index (κ2) is 7.71. The number of allylic oxidation sites excluding steroid dienone is 1. The van der Waals surface area contributed by atoms with Gasteiger partial charge in [0.1, 0.15) is 18.3 Å². The normalized spacial score (nSPS) is 18.4. The molecule has 1 aliphatic carbocycles. The van der Waals surface area contributed by atoms with Gasteiger partial charge in [0, 0.05) is 13.3 Å². The quantitative estimate of drug-likeness (QED) is 0.418. The van der Waals surface area contributed by atoms with E-state index in [1.165, 1.54) is 14.0 Å². The summed E-state index contributed by atoms with van der Waals surface area (Å²) in [6.45, 7) is 1.39. The van der Waals surface area contributed by atoms with Gasteiger partial charge >= 0.3 is 11.9 Å². The van der Waals surface area contributed by atoms with Crippen LogP contribution >= 0.6 is 0 Å². The lowest BCUT2D eigenvalue weighted by atomic mass is 9.93. The Bertz CT molecular complexity index is 383. The molecule has 5 nitrogen and oxygen atoms in total. The van der Waals surface area contributed by atoms with E-state index < -0.39 is 5.97 Å². The number of ketones is 1. The van der Waals surface area contributed by atoms with Crippen molar-refractivity contribution in [3.63, 3.8) is 0 Å². The van der Waals surface area contributed by atoms with Crippen molar-refractivity contribution >= 4 is 17.7 Å². The molecule has 1 unspecified atom stereocenters. The van der Waals surface area contributed by atoms with E-state index in [1.54, 1.807) is 0 Å². The van der Waals surface area contributed by atoms with E-state index in [2.05, 4.69) is 4.74 Å². The van der Waals surface area contributed by atoms with Crippen LogP contribution in [-0.2, 0) is 23.9 Å². The zero-order chi connectivity index (χ0) is 14.3. The van der Waals surface area contributed by atoms with Gasteiger partial charge in [0.25, 0.3) is 0 Å². The first kappa shape index (κ1) is 15.4. The SMILES string of the molecule is COC(=O)CC(=O)CCC1=CC(OC(C)=O)CCC1. The maximum atomic E-state index is 11.5. The van der Waals surface area contributed by atoms with Crippen molar-refractivity contribution in [3.05, 3.63) is 11.6 Å². The molecule has 0 aromatic carbocycles. The van der Waals surface area contributed by atoms with Crippen LogP contribution in [0.25, 0.3) is 0 Å². The Balaban J connectivity index is 2.39. The fourth-order valence-corrected chi connectivity index (χ4v) is 2.10. The summed E-state index contributed by atoms with van der Waals surface area (Å²) in [5, 5.41) is 0. The number of methoxy groups -OCH3 is 1. The molecule has 0 aromatic heterocycles. The molecular formula is C14H20O5. The number of hydrogen-bond donors (Lipinski definition) is 0. The average molecular weight is 268 g/mol. The van der Waals surface area contributed by atoms with E-state index in [-0.39, 0.29) is 24.3 Å². The Morgan fingerprint density at radius 1 is 1.37 bits per heavy atom. The first-order chi connectivity index (χ1) is 9.01. The number of rotatable bonds is 6. The minimum Gasteiger partial charge on any atom is -0.469 e. The van der Waals surface area contributed by atoms with Crippen LogP contribution < -0.4 is 0 Å². The van der Waals surface area contributed by atoms with Crippen LogP contribution in [-0.4, -0.2) is 30.9 Å². The molecule has 0 heterocycles. The van der Waals surface area contributed by atoms with Gasteiger partial charge in [-0.1, -0.05) is 5.57 Å². The first-order valence-corrected chi connectivity index (χ1v) is 6.46. The number of ether oxygens (including phenoxy) is 2. The van der Waals surface area contributed by atoms with Crippen LogP contribution in [0.2, 0.25) is 0 Å². The van der Waals surface area contributed by atoms with Gasteiger partial charge in [-0.25, -0.2) is 0 Å². The van der Waals surface area contributed by atoms with Crippen molar-refractivity contribution in [1.29, 1.82) is 0 Å². The molecule has 0 aliphatic heterocycles. The van der Waals surface area contributed by atoms with Gasteiger partial charge in [0.15, 0.2) is 0 Å². The molecule has 0 N–H and O–H groups in total. The molecule has 0 saturated heterocycles. The molecule has 0 bridgehead atoms. The van der Waals surface area contributed by atoms with E-state index in [0.717, 1.165) is 24.8 Å². The summed E-state index contributed by atoms with van der Waals surface area (Å²) in [5.74, 6) is -0.910. The lowest BCUT2D eigenvalue weighted by Crippen LogP contribution is -2.18. The Morgan fingerprint density at radius 2 is 2.11 bits per heavy atom. The van der Waals surface area contributed by atoms with E-state index in [4.69, 9.17) is 4.74 Å². The standard InChI is InChI=1S/C14H20O5/c1-10(15)19-13-5-3-4-11(8-13)6-7-12(16)9-14(17)18-2/h8,13H,3-7,9H2,1-2H3. The molecule has 0 fully saturated rings. The lowest BCUT2D eigenvalue weighted by Gasteiger charge is -2.20. The average Bonchev–Trinajstić information content (AvgIpc) is 2.36. The molecule has 0 saturated carbocycles. The Hall–Kier alpha value is -1.65. The maximum absolute atomic E-state index is 11.5. The van der Waals surface area contributed by atoms with E-state index in [0.29, 0.717) is 12.8 Å². The van der Waals surface area contributed by atoms with Gasteiger partial charge in [-0.15, -0.1) is 0 Å². The number of carbonyl (C=O) groups is 3. The lowest BCUT2D eigenvalue weighted by molar-refractivity contribution is -0.145. The van der Waals surface area contributed by atoms with Gasteiger partial charge in [-0.3, -0.25) is 14.4 Å². The minimum atomic E-state index is -0.500. The molecule has 0 radical (unpaired) electrons. The van der Waals surface area contributed by atoms with Gasteiger partial charge in [-0.05, 0) is 31.8 Å². The molecule has 0 amide bonds. The molecule has 0 aromatic rings. The first-order valence-electron chi connectivity index (χ1n) is 6.46. The van der Waals surface area contributed by atoms with Crippen molar-refractivity contribution in [2.24, 2.45) is 0 Å². The highest BCUT2D eigenvalue weighted by Gasteiger charge is 2.17. The van der Waals surface area contributed by atoms with Crippen LogP contribution in [0.1, 0.15) is 45.4 Å². The summed E-state index contributed by atoms with van der Waals surface area (Å²) in [6, 6.07) is 0. The van der Waals surface area contributed by atoms with Gasteiger partial charge < -0.3 is 9.47 Å². The second-order valence-corrected chi connectivity index (χ2v) is 4.66. The molecule has 1 atom stereocenters. The van der Waals surface area contributed by atoms with Crippen molar-refractivity contribution in [3.8, 4) is 0 Å². The molecular weight excluding hydrogens is 248 g/mol. The Kier molecular flexibility index (Phi) is 6.25. The van der Waals surface area contributed by atoms with Crippen molar-refractivity contribution in [2.45, 2.75) is 51.6 Å². The summed E-state index contributed by atoms with van der Waals surface area (Å²) < 4.78 is 9.58. The van der Waals surface area contributed by atoms with E-state index in [1.807, 2.05) is 6.08 Å². The van der Waals surface area contributed by atoms with Crippen molar-refractivity contribution < 1.29 is 23.9 Å². The fraction of sp³-hybridized carbons (Fsp3) is 0.643. The Labute approximate surface area is 112 Å². The Morgan fingerprint density at radius 3 is 2.74 bits per heavy atom. The summed E-state index contributed by atoms with van der Waals surface area (Å²) >= 11 is 0. The molecule has 0 spiro atoms. The number of carbonyl (C=O) groups excluding carboxylic acids is 3. The van der Waals surface area contributed by atoms with E-state index in [9.17, 15) is 14.4 Å². The molecule has 106 valence electrons. The van der Waals surface area contributed by atoms with Gasteiger partial charge in [0.05, 0.1) is 7.11 Å². The molecule has 19 heavy (non-hydrogen) atoms. The number of Topliss-reactive ketones (excluding diaryl/α,β-unsaturated/α-hetero) is 1. The zero-order valence-electron chi connectivity index (χ0n) is 11.4.